The van der Waals surface area contributed by atoms with Crippen molar-refractivity contribution < 1.29 is 19.4 Å². The van der Waals surface area contributed by atoms with Crippen LogP contribution in [-0.2, 0) is 16.0 Å². The molecule has 6 nitrogen and oxygen atoms in total. The van der Waals surface area contributed by atoms with E-state index in [1.165, 1.54) is 22.5 Å². The van der Waals surface area contributed by atoms with Gasteiger partial charge in [0.1, 0.15) is 5.75 Å². The molecule has 1 N–H and O–H groups in total. The van der Waals surface area contributed by atoms with Gasteiger partial charge in [0.15, 0.2) is 6.61 Å². The Morgan fingerprint density at radius 3 is 2.85 bits per heavy atom. The molecule has 3 atom stereocenters. The molecule has 2 heterocycles. The van der Waals surface area contributed by atoms with Crippen LogP contribution in [0.25, 0.3) is 0 Å². The lowest BCUT2D eigenvalue weighted by Gasteiger charge is -2.36. The number of aryl methyl sites for hydroxylation is 1. The van der Waals surface area contributed by atoms with E-state index in [1.54, 1.807) is 23.7 Å². The van der Waals surface area contributed by atoms with Crippen molar-refractivity contribution in [3.8, 4) is 5.75 Å². The number of thiazole rings is 1. The van der Waals surface area contributed by atoms with Crippen LogP contribution in [-0.4, -0.2) is 40.0 Å². The first-order chi connectivity index (χ1) is 15.9. The zero-order chi connectivity index (χ0) is 23.1. The molecule has 1 fully saturated rings. The largest absolute Gasteiger partial charge is 0.482 e. The molecule has 170 valence electrons. The first-order valence-corrected chi connectivity index (χ1v) is 12.1. The summed E-state index contributed by atoms with van der Waals surface area (Å²) < 4.78 is 5.60. The number of carbonyl (C=O) groups is 2. The van der Waals surface area contributed by atoms with Crippen LogP contribution in [0.15, 0.2) is 48.0 Å². The molecule has 0 radical (unpaired) electrons. The number of ether oxygens (including phenoxy) is 1. The summed E-state index contributed by atoms with van der Waals surface area (Å²) in [5, 5.41) is 9.61. The number of benzene rings is 2. The molecule has 8 heteroatoms. The zero-order valence-electron chi connectivity index (χ0n) is 18.0. The molecule has 0 bridgehead atoms. The Hall–Kier alpha value is -2.90. The molecule has 2 aliphatic rings. The number of carboxylic acids is 1. The molecule has 0 saturated heterocycles. The number of aromatic nitrogens is 1. The number of rotatable bonds is 6. The first kappa shape index (κ1) is 21.9. The number of carboxylic acid groups (broad SMARTS) is 1. The van der Waals surface area contributed by atoms with E-state index in [9.17, 15) is 9.59 Å². The maximum atomic E-state index is 13.8. The minimum absolute atomic E-state index is 0.0642. The normalized spacial score (nSPS) is 21.4. The fraction of sp³-hybridized carbons (Fsp3) is 0.320. The Bertz CT molecular complexity index is 1230. The minimum atomic E-state index is -1.06. The van der Waals surface area contributed by atoms with E-state index in [-0.39, 0.29) is 17.7 Å². The van der Waals surface area contributed by atoms with Crippen molar-refractivity contribution in [2.45, 2.75) is 31.7 Å². The fourth-order valence-electron chi connectivity index (χ4n) is 4.76. The van der Waals surface area contributed by atoms with Gasteiger partial charge in [-0.15, -0.1) is 11.3 Å². The number of aliphatic carboxylic acids is 1. The molecule has 1 aromatic heterocycles. The second-order valence-electron chi connectivity index (χ2n) is 8.52. The molecule has 5 rings (SSSR count). The average Bonchev–Trinajstić information content (AvgIpc) is 3.44. The van der Waals surface area contributed by atoms with Crippen LogP contribution in [0.5, 0.6) is 5.75 Å². The third-order valence-electron chi connectivity index (χ3n) is 6.42. The second kappa shape index (κ2) is 8.80. The van der Waals surface area contributed by atoms with Gasteiger partial charge >= 0.3 is 5.97 Å². The maximum absolute atomic E-state index is 13.8. The quantitative estimate of drug-likeness (QED) is 0.543. The molecule has 0 spiro atoms. The number of hydrogen-bond acceptors (Lipinski definition) is 5. The highest BCUT2D eigenvalue weighted by molar-refractivity contribution is 7.09. The van der Waals surface area contributed by atoms with Crippen LogP contribution in [0.1, 0.15) is 45.6 Å². The van der Waals surface area contributed by atoms with E-state index in [4.69, 9.17) is 21.4 Å². The molecule has 33 heavy (non-hydrogen) atoms. The van der Waals surface area contributed by atoms with Crippen LogP contribution in [0.4, 0.5) is 0 Å². The Morgan fingerprint density at radius 2 is 2.06 bits per heavy atom. The van der Waals surface area contributed by atoms with Crippen LogP contribution in [0.3, 0.4) is 0 Å². The molecule has 1 aliphatic heterocycles. The highest BCUT2D eigenvalue weighted by Gasteiger charge is 2.49. The lowest BCUT2D eigenvalue weighted by atomic mass is 9.95. The molecule has 1 amide bonds. The highest BCUT2D eigenvalue weighted by Crippen LogP contribution is 2.52. The Balaban J connectivity index is 1.50. The van der Waals surface area contributed by atoms with E-state index in [2.05, 4.69) is 24.0 Å². The molecule has 1 aliphatic carbocycles. The summed E-state index contributed by atoms with van der Waals surface area (Å²) in [5.41, 5.74) is 5.88. The smallest absolute Gasteiger partial charge is 0.341 e. The van der Waals surface area contributed by atoms with Gasteiger partial charge in [-0.1, -0.05) is 35.9 Å². The number of amides is 1. The van der Waals surface area contributed by atoms with Crippen LogP contribution < -0.4 is 4.74 Å². The van der Waals surface area contributed by atoms with Crippen molar-refractivity contribution in [3.05, 3.63) is 80.3 Å². The van der Waals surface area contributed by atoms with Crippen molar-refractivity contribution in [2.75, 3.05) is 13.2 Å². The zero-order valence-corrected chi connectivity index (χ0v) is 19.6. The summed E-state index contributed by atoms with van der Waals surface area (Å²) in [6.45, 7) is 2.16. The highest BCUT2D eigenvalue weighted by atomic mass is 35.5. The molecule has 2 aromatic carbocycles. The predicted octanol–water partition coefficient (Wildman–Crippen LogP) is 4.85. The molecule has 3 unspecified atom stereocenters. The number of halogens is 1. The van der Waals surface area contributed by atoms with Crippen LogP contribution in [0, 0.1) is 12.8 Å². The summed E-state index contributed by atoms with van der Waals surface area (Å²) in [4.78, 5) is 32.3. The van der Waals surface area contributed by atoms with E-state index < -0.39 is 18.6 Å². The minimum Gasteiger partial charge on any atom is -0.482 e. The molecular formula is C25H23ClN2O4S. The molecule has 3 aromatic rings. The van der Waals surface area contributed by atoms with Gasteiger partial charge in [0.05, 0.1) is 22.1 Å². The van der Waals surface area contributed by atoms with Gasteiger partial charge < -0.3 is 14.7 Å². The molecule has 1 saturated carbocycles. The van der Waals surface area contributed by atoms with Gasteiger partial charge in [-0.2, -0.15) is 0 Å². The van der Waals surface area contributed by atoms with E-state index in [0.717, 1.165) is 17.0 Å². The van der Waals surface area contributed by atoms with Gasteiger partial charge in [-0.3, -0.25) is 4.79 Å². The summed E-state index contributed by atoms with van der Waals surface area (Å²) in [6, 6.07) is 12.9. The van der Waals surface area contributed by atoms with Gasteiger partial charge in [0, 0.05) is 29.5 Å². The van der Waals surface area contributed by atoms with Gasteiger partial charge in [-0.25, -0.2) is 9.78 Å². The maximum Gasteiger partial charge on any atom is 0.341 e. The summed E-state index contributed by atoms with van der Waals surface area (Å²) >= 11 is 7.84. The van der Waals surface area contributed by atoms with Crippen molar-refractivity contribution in [1.82, 2.24) is 9.88 Å². The lowest BCUT2D eigenvalue weighted by Crippen LogP contribution is -2.41. The predicted molar refractivity (Wildman–Crippen MR) is 126 cm³/mol. The summed E-state index contributed by atoms with van der Waals surface area (Å²) in [6.07, 6.45) is 1.52. The third kappa shape index (κ3) is 4.23. The molecular weight excluding hydrogens is 460 g/mol. The van der Waals surface area contributed by atoms with E-state index in [1.807, 2.05) is 17.0 Å². The average molecular weight is 483 g/mol. The number of carbonyl (C=O) groups excluding carboxylic acids is 1. The number of hydrogen-bond donors (Lipinski definition) is 1. The van der Waals surface area contributed by atoms with Crippen molar-refractivity contribution in [1.29, 1.82) is 0 Å². The topological polar surface area (TPSA) is 79.7 Å². The number of fused-ring (bicyclic) bond motifs is 1. The fourth-order valence-corrected chi connectivity index (χ4v) is 5.91. The van der Waals surface area contributed by atoms with Crippen molar-refractivity contribution >= 4 is 34.8 Å². The van der Waals surface area contributed by atoms with Crippen molar-refractivity contribution in [3.63, 3.8) is 0 Å². The third-order valence-corrected chi connectivity index (χ3v) is 7.58. The van der Waals surface area contributed by atoms with Gasteiger partial charge in [0.25, 0.3) is 0 Å². The van der Waals surface area contributed by atoms with E-state index >= 15 is 0 Å². The Morgan fingerprint density at radius 1 is 1.24 bits per heavy atom. The monoisotopic (exact) mass is 482 g/mol. The SMILES string of the molecule is Cc1ccccc1C1CC1C(=O)N1CCc2ncsc2C1c1cc(Cl)ccc1OCC(=O)O. The van der Waals surface area contributed by atoms with E-state index in [0.29, 0.717) is 29.3 Å². The first-order valence-electron chi connectivity index (χ1n) is 10.9. The Kier molecular flexibility index (Phi) is 5.85. The van der Waals surface area contributed by atoms with Crippen LogP contribution in [0.2, 0.25) is 5.02 Å². The lowest BCUT2D eigenvalue weighted by molar-refractivity contribution is -0.139. The van der Waals surface area contributed by atoms with Crippen molar-refractivity contribution in [2.24, 2.45) is 5.92 Å². The number of nitrogens with zero attached hydrogens (tertiary/aromatic N) is 2. The van der Waals surface area contributed by atoms with Gasteiger partial charge in [0.2, 0.25) is 5.91 Å². The van der Waals surface area contributed by atoms with Gasteiger partial charge in [-0.05, 0) is 48.6 Å². The van der Waals surface area contributed by atoms with Crippen LogP contribution >= 0.6 is 22.9 Å². The summed E-state index contributed by atoms with van der Waals surface area (Å²) in [5.74, 6) is -0.381. The summed E-state index contributed by atoms with van der Waals surface area (Å²) in [7, 11) is 0. The standard InChI is InChI=1S/C25H23ClN2O4S/c1-14-4-2-3-5-16(14)17-11-18(17)25(31)28-9-8-20-24(33-13-27-20)23(28)19-10-15(26)6-7-21(19)32-12-22(29)30/h2-7,10,13,17-18,23H,8-9,11-12H2,1H3,(H,29,30). The second-order valence-corrected chi connectivity index (χ2v) is 9.84. The Labute approximate surface area is 200 Å².